The molecule has 0 radical (unpaired) electrons. The highest BCUT2D eigenvalue weighted by atomic mass is 19.4. The number of carbonyl (C=O) groups is 1. The standard InChI is InChI=1S/C21H15F4N3O/c22-14-7-12(6-13(9-14)21(23,24)25)8-15-10-19(28-11-27-15)17-2-1-3-18-16(17)4-5-26-20(18)29/h1-3,6-7,9-11H,4-5,8H2,(H,26,29). The molecule has 0 atom stereocenters. The van der Waals surface area contributed by atoms with Crippen LogP contribution in [-0.4, -0.2) is 22.4 Å². The molecule has 1 aliphatic rings. The van der Waals surface area contributed by atoms with Crippen LogP contribution in [0.4, 0.5) is 17.6 Å². The van der Waals surface area contributed by atoms with Crippen LogP contribution in [-0.2, 0) is 19.0 Å². The van der Waals surface area contributed by atoms with E-state index < -0.39 is 17.6 Å². The Morgan fingerprint density at radius 3 is 2.62 bits per heavy atom. The molecule has 0 bridgehead atoms. The van der Waals surface area contributed by atoms with Crippen LogP contribution in [0.1, 0.15) is 32.7 Å². The number of amides is 1. The van der Waals surface area contributed by atoms with E-state index in [0.29, 0.717) is 36.0 Å². The Kier molecular flexibility index (Phi) is 4.77. The summed E-state index contributed by atoms with van der Waals surface area (Å²) in [6.07, 6.45) is -2.64. The van der Waals surface area contributed by atoms with E-state index in [1.807, 2.05) is 6.07 Å². The molecule has 0 fully saturated rings. The minimum Gasteiger partial charge on any atom is -0.352 e. The average molecular weight is 401 g/mol. The summed E-state index contributed by atoms with van der Waals surface area (Å²) in [4.78, 5) is 20.4. The van der Waals surface area contributed by atoms with Crippen molar-refractivity contribution in [1.29, 1.82) is 0 Å². The van der Waals surface area contributed by atoms with Crippen LogP contribution < -0.4 is 5.32 Å². The molecule has 4 nitrogen and oxygen atoms in total. The van der Waals surface area contributed by atoms with E-state index in [4.69, 9.17) is 0 Å². The van der Waals surface area contributed by atoms with E-state index in [9.17, 15) is 22.4 Å². The molecule has 2 heterocycles. The van der Waals surface area contributed by atoms with Crippen molar-refractivity contribution in [2.45, 2.75) is 19.0 Å². The highest BCUT2D eigenvalue weighted by molar-refractivity contribution is 5.98. The maximum Gasteiger partial charge on any atom is 0.416 e. The van der Waals surface area contributed by atoms with Gasteiger partial charge in [0.2, 0.25) is 0 Å². The number of nitrogens with zero attached hydrogens (tertiary/aromatic N) is 2. The predicted molar refractivity (Wildman–Crippen MR) is 97.7 cm³/mol. The zero-order valence-electron chi connectivity index (χ0n) is 15.1. The number of alkyl halides is 3. The number of rotatable bonds is 3. The van der Waals surface area contributed by atoms with E-state index in [1.54, 1.807) is 18.2 Å². The van der Waals surface area contributed by atoms with E-state index in [2.05, 4.69) is 15.3 Å². The summed E-state index contributed by atoms with van der Waals surface area (Å²) in [5, 5.41) is 2.78. The van der Waals surface area contributed by atoms with Crippen LogP contribution in [0.25, 0.3) is 11.3 Å². The zero-order chi connectivity index (χ0) is 20.6. The van der Waals surface area contributed by atoms with Gasteiger partial charge < -0.3 is 5.32 Å². The van der Waals surface area contributed by atoms with E-state index in [-0.39, 0.29) is 17.9 Å². The van der Waals surface area contributed by atoms with Crippen molar-refractivity contribution in [3.05, 3.63) is 82.6 Å². The molecule has 0 saturated heterocycles. The summed E-state index contributed by atoms with van der Waals surface area (Å²) in [5.74, 6) is -1.10. The Morgan fingerprint density at radius 1 is 1.03 bits per heavy atom. The monoisotopic (exact) mass is 401 g/mol. The van der Waals surface area contributed by atoms with Gasteiger partial charge in [0.1, 0.15) is 12.1 Å². The third kappa shape index (κ3) is 3.96. The molecular formula is C21H15F4N3O. The van der Waals surface area contributed by atoms with Crippen LogP contribution >= 0.6 is 0 Å². The average Bonchev–Trinajstić information content (AvgIpc) is 2.67. The Morgan fingerprint density at radius 2 is 1.83 bits per heavy atom. The SMILES string of the molecule is O=C1NCCc2c1cccc2-c1cc(Cc2cc(F)cc(C(F)(F)F)c2)ncn1. The van der Waals surface area contributed by atoms with Crippen LogP contribution in [0.3, 0.4) is 0 Å². The van der Waals surface area contributed by atoms with Gasteiger partial charge in [-0.1, -0.05) is 12.1 Å². The summed E-state index contributed by atoms with van der Waals surface area (Å²) in [5.41, 5.74) is 2.36. The quantitative estimate of drug-likeness (QED) is 0.670. The van der Waals surface area contributed by atoms with Crippen LogP contribution in [0.2, 0.25) is 0 Å². The number of benzene rings is 2. The maximum absolute atomic E-state index is 13.7. The minimum atomic E-state index is -4.63. The van der Waals surface area contributed by atoms with Crippen molar-refractivity contribution in [3.63, 3.8) is 0 Å². The molecule has 0 saturated carbocycles. The first-order valence-electron chi connectivity index (χ1n) is 8.89. The summed E-state index contributed by atoms with van der Waals surface area (Å²) < 4.78 is 52.5. The molecule has 148 valence electrons. The first-order chi connectivity index (χ1) is 13.8. The molecule has 1 N–H and O–H groups in total. The molecular weight excluding hydrogens is 386 g/mol. The van der Waals surface area contributed by atoms with Gasteiger partial charge in [0.05, 0.1) is 11.3 Å². The Balaban J connectivity index is 1.69. The second kappa shape index (κ2) is 7.27. The lowest BCUT2D eigenvalue weighted by Gasteiger charge is -2.19. The van der Waals surface area contributed by atoms with Crippen molar-refractivity contribution in [2.75, 3.05) is 6.54 Å². The lowest BCUT2D eigenvalue weighted by Crippen LogP contribution is -2.32. The summed E-state index contributed by atoms with van der Waals surface area (Å²) in [6.45, 7) is 0.518. The summed E-state index contributed by atoms with van der Waals surface area (Å²) in [7, 11) is 0. The third-order valence-corrected chi connectivity index (χ3v) is 4.75. The molecule has 2 aromatic carbocycles. The highest BCUT2D eigenvalue weighted by Crippen LogP contribution is 2.31. The molecule has 1 aromatic heterocycles. The smallest absolute Gasteiger partial charge is 0.352 e. The fourth-order valence-corrected chi connectivity index (χ4v) is 3.47. The Bertz CT molecular complexity index is 1100. The largest absolute Gasteiger partial charge is 0.416 e. The van der Waals surface area contributed by atoms with Crippen LogP contribution in [0.5, 0.6) is 0 Å². The van der Waals surface area contributed by atoms with Crippen molar-refractivity contribution in [1.82, 2.24) is 15.3 Å². The van der Waals surface area contributed by atoms with Gasteiger partial charge in [0, 0.05) is 29.8 Å². The summed E-state index contributed by atoms with van der Waals surface area (Å²) in [6, 6.07) is 9.43. The second-order valence-electron chi connectivity index (χ2n) is 6.75. The predicted octanol–water partition coefficient (Wildman–Crippen LogP) is 4.18. The van der Waals surface area contributed by atoms with E-state index >= 15 is 0 Å². The topological polar surface area (TPSA) is 54.9 Å². The van der Waals surface area contributed by atoms with Crippen LogP contribution in [0.15, 0.2) is 48.8 Å². The maximum atomic E-state index is 13.7. The first kappa shape index (κ1) is 19.0. The fraction of sp³-hybridized carbons (Fsp3) is 0.190. The number of carbonyl (C=O) groups excluding carboxylic acids is 1. The minimum absolute atomic E-state index is 0.0197. The molecule has 0 unspecified atom stereocenters. The highest BCUT2D eigenvalue weighted by Gasteiger charge is 2.31. The van der Waals surface area contributed by atoms with Gasteiger partial charge in [-0.15, -0.1) is 0 Å². The van der Waals surface area contributed by atoms with Gasteiger partial charge in [-0.05, 0) is 47.9 Å². The molecule has 8 heteroatoms. The lowest BCUT2D eigenvalue weighted by molar-refractivity contribution is -0.137. The number of aromatic nitrogens is 2. The number of hydrogen-bond donors (Lipinski definition) is 1. The van der Waals surface area contributed by atoms with Gasteiger partial charge in [0.25, 0.3) is 5.91 Å². The molecule has 4 rings (SSSR count). The van der Waals surface area contributed by atoms with Crippen LogP contribution in [0, 0.1) is 5.82 Å². The second-order valence-corrected chi connectivity index (χ2v) is 6.75. The van der Waals surface area contributed by atoms with Crippen molar-refractivity contribution in [2.24, 2.45) is 0 Å². The van der Waals surface area contributed by atoms with Gasteiger partial charge in [-0.3, -0.25) is 4.79 Å². The zero-order valence-corrected chi connectivity index (χ0v) is 15.1. The third-order valence-electron chi connectivity index (χ3n) is 4.75. The van der Waals surface area contributed by atoms with Crippen molar-refractivity contribution in [3.8, 4) is 11.3 Å². The molecule has 1 aliphatic heterocycles. The van der Waals surface area contributed by atoms with Gasteiger partial charge >= 0.3 is 6.18 Å². The van der Waals surface area contributed by atoms with Crippen molar-refractivity contribution < 1.29 is 22.4 Å². The van der Waals surface area contributed by atoms with Gasteiger partial charge in [0.15, 0.2) is 0 Å². The van der Waals surface area contributed by atoms with Gasteiger partial charge in [-0.25, -0.2) is 14.4 Å². The Labute approximate surface area is 163 Å². The van der Waals surface area contributed by atoms with E-state index in [1.165, 1.54) is 6.33 Å². The molecule has 29 heavy (non-hydrogen) atoms. The van der Waals surface area contributed by atoms with E-state index in [0.717, 1.165) is 23.3 Å². The normalized spacial score (nSPS) is 13.7. The van der Waals surface area contributed by atoms with Crippen molar-refractivity contribution >= 4 is 5.91 Å². The number of hydrogen-bond acceptors (Lipinski definition) is 3. The first-order valence-corrected chi connectivity index (χ1v) is 8.89. The number of nitrogens with one attached hydrogen (secondary N) is 1. The summed E-state index contributed by atoms with van der Waals surface area (Å²) >= 11 is 0. The lowest BCUT2D eigenvalue weighted by atomic mass is 9.93. The number of fused-ring (bicyclic) bond motifs is 1. The number of halogens is 4. The Hall–Kier alpha value is -3.29. The van der Waals surface area contributed by atoms with Gasteiger partial charge in [-0.2, -0.15) is 13.2 Å². The molecule has 0 spiro atoms. The molecule has 1 amide bonds. The molecule has 3 aromatic rings. The molecule has 0 aliphatic carbocycles. The fourth-order valence-electron chi connectivity index (χ4n) is 3.47.